The van der Waals surface area contributed by atoms with Gasteiger partial charge in [-0.1, -0.05) is 92.7 Å². The highest BCUT2D eigenvalue weighted by molar-refractivity contribution is 5.87. The van der Waals surface area contributed by atoms with Crippen LogP contribution in [0.2, 0.25) is 0 Å². The van der Waals surface area contributed by atoms with Crippen LogP contribution in [0, 0.1) is 0 Å². The Kier molecular flexibility index (Phi) is 7.07. The van der Waals surface area contributed by atoms with Crippen LogP contribution in [-0.2, 0) is 5.41 Å². The Balaban J connectivity index is 1.46. The minimum Gasteiger partial charge on any atom is -0.311 e. The standard InChI is InChI=1S/C39H36N2/c1-5-16-29(6-2)40(30-17-10-7-11-18-30)33-23-25-35-36-26-24-34(28-38(36)39(3,4)37(35)27-33)41(31-19-12-8-13-20-31)32-21-14-9-15-22-32/h5-28H,1-4H3/b16-5-,29-6+. The summed E-state index contributed by atoms with van der Waals surface area (Å²) in [5.41, 5.74) is 12.1. The van der Waals surface area contributed by atoms with E-state index in [1.807, 2.05) is 0 Å². The number of allylic oxidation sites excluding steroid dienone is 3. The maximum absolute atomic E-state index is 2.39. The first-order chi connectivity index (χ1) is 20.0. The topological polar surface area (TPSA) is 6.48 Å². The fraction of sp³-hybridized carbons (Fsp3) is 0.128. The first kappa shape index (κ1) is 26.4. The average molecular weight is 533 g/mol. The predicted molar refractivity (Wildman–Crippen MR) is 176 cm³/mol. The minimum atomic E-state index is -0.158. The van der Waals surface area contributed by atoms with Gasteiger partial charge in [-0.05, 0) is 103 Å². The van der Waals surface area contributed by atoms with Gasteiger partial charge in [-0.25, -0.2) is 0 Å². The van der Waals surface area contributed by atoms with Gasteiger partial charge in [0, 0.05) is 39.5 Å². The number of hydrogen-bond donors (Lipinski definition) is 0. The molecule has 41 heavy (non-hydrogen) atoms. The molecule has 0 spiro atoms. The van der Waals surface area contributed by atoms with Crippen LogP contribution < -0.4 is 9.80 Å². The minimum absolute atomic E-state index is 0.158. The molecule has 0 radical (unpaired) electrons. The summed E-state index contributed by atoms with van der Waals surface area (Å²) in [6.07, 6.45) is 6.45. The third-order valence-corrected chi connectivity index (χ3v) is 8.09. The fourth-order valence-corrected chi connectivity index (χ4v) is 6.09. The number of fused-ring (bicyclic) bond motifs is 3. The van der Waals surface area contributed by atoms with Gasteiger partial charge in [0.2, 0.25) is 0 Å². The van der Waals surface area contributed by atoms with Crippen LogP contribution >= 0.6 is 0 Å². The van der Waals surface area contributed by atoms with Gasteiger partial charge in [-0.3, -0.25) is 0 Å². The average Bonchev–Trinajstić information content (AvgIpc) is 3.24. The highest BCUT2D eigenvalue weighted by Crippen LogP contribution is 2.52. The van der Waals surface area contributed by atoms with Crippen molar-refractivity contribution < 1.29 is 0 Å². The van der Waals surface area contributed by atoms with Crippen LogP contribution in [0.15, 0.2) is 151 Å². The van der Waals surface area contributed by atoms with E-state index in [1.54, 1.807) is 0 Å². The second kappa shape index (κ2) is 11.0. The van der Waals surface area contributed by atoms with E-state index in [4.69, 9.17) is 0 Å². The lowest BCUT2D eigenvalue weighted by molar-refractivity contribution is 0.660. The molecule has 0 heterocycles. The lowest BCUT2D eigenvalue weighted by Gasteiger charge is -2.29. The van der Waals surface area contributed by atoms with Gasteiger partial charge in [0.1, 0.15) is 0 Å². The number of para-hydroxylation sites is 3. The molecule has 0 bridgehead atoms. The second-order valence-electron chi connectivity index (χ2n) is 11.0. The Morgan fingerprint density at radius 1 is 0.537 bits per heavy atom. The van der Waals surface area contributed by atoms with Gasteiger partial charge in [0.15, 0.2) is 0 Å². The smallest absolute Gasteiger partial charge is 0.0465 e. The largest absolute Gasteiger partial charge is 0.311 e. The zero-order chi connectivity index (χ0) is 28.4. The Hall–Kier alpha value is -4.82. The van der Waals surface area contributed by atoms with Crippen LogP contribution in [0.5, 0.6) is 0 Å². The van der Waals surface area contributed by atoms with Crippen LogP contribution in [0.1, 0.15) is 38.8 Å². The number of hydrogen-bond acceptors (Lipinski definition) is 2. The quantitative estimate of drug-likeness (QED) is 0.192. The van der Waals surface area contributed by atoms with E-state index in [0.29, 0.717) is 0 Å². The Morgan fingerprint density at radius 3 is 1.49 bits per heavy atom. The molecule has 1 aliphatic carbocycles. The van der Waals surface area contributed by atoms with Crippen molar-refractivity contribution in [3.63, 3.8) is 0 Å². The summed E-state index contributed by atoms with van der Waals surface area (Å²) in [6, 6.07) is 45.8. The number of rotatable bonds is 7. The molecule has 2 nitrogen and oxygen atoms in total. The van der Waals surface area contributed by atoms with E-state index < -0.39 is 0 Å². The number of benzene rings is 5. The summed E-state index contributed by atoms with van der Waals surface area (Å²) >= 11 is 0. The predicted octanol–water partition coefficient (Wildman–Crippen LogP) is 11.1. The molecule has 202 valence electrons. The summed E-state index contributed by atoms with van der Waals surface area (Å²) < 4.78 is 0. The van der Waals surface area contributed by atoms with Crippen molar-refractivity contribution >= 4 is 28.4 Å². The molecular formula is C39H36N2. The van der Waals surface area contributed by atoms with Crippen molar-refractivity contribution in [3.05, 3.63) is 162 Å². The molecule has 0 saturated carbocycles. The Morgan fingerprint density at radius 2 is 1.00 bits per heavy atom. The number of anilines is 5. The molecule has 5 aromatic rings. The SMILES string of the molecule is C/C=C\C(=C/C)N(c1ccccc1)c1ccc2c(c1)C(C)(C)c1cc(N(c3ccccc3)c3ccccc3)ccc1-2. The van der Waals surface area contributed by atoms with E-state index in [-0.39, 0.29) is 5.41 Å². The molecular weight excluding hydrogens is 496 g/mol. The molecule has 0 amide bonds. The summed E-state index contributed by atoms with van der Waals surface area (Å²) in [5.74, 6) is 0. The Bertz CT molecular complexity index is 1670. The summed E-state index contributed by atoms with van der Waals surface area (Å²) in [7, 11) is 0. The molecule has 0 aromatic heterocycles. The fourth-order valence-electron chi connectivity index (χ4n) is 6.09. The third kappa shape index (κ3) is 4.76. The lowest BCUT2D eigenvalue weighted by Crippen LogP contribution is -2.19. The van der Waals surface area contributed by atoms with Gasteiger partial charge < -0.3 is 9.80 Å². The Labute approximate surface area is 244 Å². The highest BCUT2D eigenvalue weighted by atomic mass is 15.1. The summed E-state index contributed by atoms with van der Waals surface area (Å²) in [5, 5.41) is 0. The van der Waals surface area contributed by atoms with E-state index >= 15 is 0 Å². The van der Waals surface area contributed by atoms with E-state index in [1.165, 1.54) is 22.3 Å². The van der Waals surface area contributed by atoms with Crippen LogP contribution in [0.3, 0.4) is 0 Å². The second-order valence-corrected chi connectivity index (χ2v) is 11.0. The molecule has 0 fully saturated rings. The van der Waals surface area contributed by atoms with Crippen molar-refractivity contribution in [1.82, 2.24) is 0 Å². The molecule has 5 aromatic carbocycles. The van der Waals surface area contributed by atoms with Crippen molar-refractivity contribution in [3.8, 4) is 11.1 Å². The molecule has 6 rings (SSSR count). The third-order valence-electron chi connectivity index (χ3n) is 8.09. The van der Waals surface area contributed by atoms with E-state index in [2.05, 4.69) is 183 Å². The molecule has 0 saturated heterocycles. The number of nitrogens with zero attached hydrogens (tertiary/aromatic N) is 2. The van der Waals surface area contributed by atoms with Crippen LogP contribution in [0.25, 0.3) is 11.1 Å². The van der Waals surface area contributed by atoms with Crippen molar-refractivity contribution in [2.24, 2.45) is 0 Å². The lowest BCUT2D eigenvalue weighted by atomic mass is 9.82. The maximum Gasteiger partial charge on any atom is 0.0465 e. The normalized spacial score (nSPS) is 13.6. The van der Waals surface area contributed by atoms with E-state index in [9.17, 15) is 0 Å². The van der Waals surface area contributed by atoms with Crippen LogP contribution in [-0.4, -0.2) is 0 Å². The van der Waals surface area contributed by atoms with E-state index in [0.717, 1.165) is 34.1 Å². The van der Waals surface area contributed by atoms with Gasteiger partial charge in [-0.15, -0.1) is 0 Å². The highest BCUT2D eigenvalue weighted by Gasteiger charge is 2.36. The zero-order valence-electron chi connectivity index (χ0n) is 24.3. The van der Waals surface area contributed by atoms with Crippen molar-refractivity contribution in [1.29, 1.82) is 0 Å². The molecule has 0 unspecified atom stereocenters. The first-order valence-electron chi connectivity index (χ1n) is 14.4. The molecule has 0 N–H and O–H groups in total. The summed E-state index contributed by atoms with van der Waals surface area (Å²) in [6.45, 7) is 8.89. The van der Waals surface area contributed by atoms with Gasteiger partial charge >= 0.3 is 0 Å². The summed E-state index contributed by atoms with van der Waals surface area (Å²) in [4.78, 5) is 4.69. The molecule has 0 aliphatic heterocycles. The van der Waals surface area contributed by atoms with Gasteiger partial charge in [0.05, 0.1) is 0 Å². The van der Waals surface area contributed by atoms with Gasteiger partial charge in [-0.2, -0.15) is 0 Å². The maximum atomic E-state index is 2.39. The zero-order valence-corrected chi connectivity index (χ0v) is 24.3. The first-order valence-corrected chi connectivity index (χ1v) is 14.4. The van der Waals surface area contributed by atoms with Gasteiger partial charge in [0.25, 0.3) is 0 Å². The van der Waals surface area contributed by atoms with Crippen molar-refractivity contribution in [2.45, 2.75) is 33.1 Å². The monoisotopic (exact) mass is 532 g/mol. The van der Waals surface area contributed by atoms with Crippen LogP contribution in [0.4, 0.5) is 28.4 Å². The molecule has 0 atom stereocenters. The molecule has 2 heteroatoms. The molecule has 1 aliphatic rings. The van der Waals surface area contributed by atoms with Crippen molar-refractivity contribution in [2.75, 3.05) is 9.80 Å².